The fourth-order valence-electron chi connectivity index (χ4n) is 12.4. The summed E-state index contributed by atoms with van der Waals surface area (Å²) in [4.78, 5) is 0. The third kappa shape index (κ3) is 12.7. The van der Waals surface area contributed by atoms with Crippen LogP contribution in [0.1, 0.15) is 220 Å². The Balaban J connectivity index is 0.000000225. The molecule has 0 amide bonds. The molecule has 0 bridgehead atoms. The summed E-state index contributed by atoms with van der Waals surface area (Å²) in [5.74, 6) is 4.79. The van der Waals surface area contributed by atoms with Gasteiger partial charge in [0.25, 0.3) is 0 Å². The lowest BCUT2D eigenvalue weighted by Crippen LogP contribution is -2.29. The first-order valence-electron chi connectivity index (χ1n) is 24.6. The van der Waals surface area contributed by atoms with Gasteiger partial charge in [-0.15, -0.1) is 0 Å². The van der Waals surface area contributed by atoms with Gasteiger partial charge in [0, 0.05) is 0 Å². The van der Waals surface area contributed by atoms with Crippen LogP contribution in [0.5, 0.6) is 0 Å². The molecule has 2 aromatic carbocycles. The Kier molecular flexibility index (Phi) is 18.8. The maximum atomic E-state index is 12.2. The Morgan fingerprint density at radius 2 is 0.644 bits per heavy atom. The van der Waals surface area contributed by atoms with E-state index in [4.69, 9.17) is 4.74 Å². The fourth-order valence-corrected chi connectivity index (χ4v) is 12.4. The molecule has 330 valence electrons. The molecule has 4 aliphatic carbocycles. The van der Waals surface area contributed by atoms with Gasteiger partial charge in [-0.05, 0) is 274 Å². The SMILES string of the molecule is Cc1c(C)c(C)c(C2CCC(CCCCC3CCC(C/C=C/F)CC3)CC2)c(C)c1C.Cc1c(C)c(C)c(C2CCC(OC3CCC(C/C=C/F)CC3)CC2)c(C)c1C. The van der Waals surface area contributed by atoms with E-state index in [0.29, 0.717) is 30.4 Å². The highest BCUT2D eigenvalue weighted by Gasteiger charge is 2.30. The van der Waals surface area contributed by atoms with Crippen LogP contribution in [-0.2, 0) is 4.74 Å². The number of allylic oxidation sites excluding steroid dienone is 2. The molecule has 4 aliphatic rings. The molecule has 59 heavy (non-hydrogen) atoms. The zero-order chi connectivity index (χ0) is 42.6. The van der Waals surface area contributed by atoms with Gasteiger partial charge in [0.1, 0.15) is 0 Å². The van der Waals surface area contributed by atoms with Gasteiger partial charge in [0.05, 0.1) is 24.9 Å². The summed E-state index contributed by atoms with van der Waals surface area (Å²) in [6.45, 7) is 23.1. The van der Waals surface area contributed by atoms with E-state index < -0.39 is 0 Å². The lowest BCUT2D eigenvalue weighted by Gasteiger charge is -2.36. The van der Waals surface area contributed by atoms with Crippen LogP contribution in [0.2, 0.25) is 0 Å². The highest BCUT2D eigenvalue weighted by molar-refractivity contribution is 5.52. The number of unbranched alkanes of at least 4 members (excludes halogenated alkanes) is 1. The Bertz CT molecular complexity index is 1610. The second kappa shape index (κ2) is 23.3. The van der Waals surface area contributed by atoms with Crippen LogP contribution >= 0.6 is 0 Å². The molecule has 2 aromatic rings. The van der Waals surface area contributed by atoms with Crippen LogP contribution in [0, 0.1) is 92.9 Å². The Morgan fingerprint density at radius 1 is 0.373 bits per heavy atom. The van der Waals surface area contributed by atoms with E-state index in [9.17, 15) is 8.78 Å². The summed E-state index contributed by atoms with van der Waals surface area (Å²) in [6, 6.07) is 0. The molecule has 6 rings (SSSR count). The lowest BCUT2D eigenvalue weighted by atomic mass is 9.73. The summed E-state index contributed by atoms with van der Waals surface area (Å²) in [5, 5.41) is 0. The van der Waals surface area contributed by atoms with Crippen molar-refractivity contribution < 1.29 is 13.5 Å². The number of ether oxygens (including phenoxy) is 1. The predicted molar refractivity (Wildman–Crippen MR) is 250 cm³/mol. The molecule has 4 fully saturated rings. The molecule has 1 nitrogen and oxygen atoms in total. The zero-order valence-electron chi connectivity index (χ0n) is 39.6. The van der Waals surface area contributed by atoms with Crippen molar-refractivity contribution in [2.75, 3.05) is 0 Å². The molecule has 0 atom stereocenters. The first kappa shape index (κ1) is 47.8. The van der Waals surface area contributed by atoms with Crippen LogP contribution in [0.3, 0.4) is 0 Å². The number of rotatable bonds is 13. The van der Waals surface area contributed by atoms with Gasteiger partial charge in [-0.2, -0.15) is 0 Å². The Labute approximate surface area is 362 Å². The molecule has 0 radical (unpaired) electrons. The van der Waals surface area contributed by atoms with Crippen LogP contribution in [0.4, 0.5) is 8.78 Å². The Morgan fingerprint density at radius 3 is 1.00 bits per heavy atom. The zero-order valence-corrected chi connectivity index (χ0v) is 39.6. The van der Waals surface area contributed by atoms with E-state index in [1.54, 1.807) is 34.4 Å². The average Bonchev–Trinajstić information content (AvgIpc) is 3.26. The molecule has 0 unspecified atom stereocenters. The minimum atomic E-state index is 0.430. The van der Waals surface area contributed by atoms with Gasteiger partial charge in [0.15, 0.2) is 0 Å². The molecule has 4 saturated carbocycles. The topological polar surface area (TPSA) is 9.23 Å². The maximum absolute atomic E-state index is 12.2. The quantitative estimate of drug-likeness (QED) is 0.183. The van der Waals surface area contributed by atoms with E-state index in [1.165, 1.54) is 160 Å². The Hall–Kier alpha value is -2.26. The number of benzene rings is 2. The molecule has 0 aromatic heterocycles. The predicted octanol–water partition coefficient (Wildman–Crippen LogP) is 17.4. The molecule has 0 N–H and O–H groups in total. The number of hydrogen-bond acceptors (Lipinski definition) is 1. The van der Waals surface area contributed by atoms with Crippen LogP contribution in [0.15, 0.2) is 24.8 Å². The third-order valence-electron chi connectivity index (χ3n) is 17.2. The van der Waals surface area contributed by atoms with Crippen molar-refractivity contribution in [3.8, 4) is 0 Å². The van der Waals surface area contributed by atoms with Crippen molar-refractivity contribution in [2.24, 2.45) is 23.7 Å². The molecule has 0 spiro atoms. The maximum Gasteiger partial charge on any atom is 0.0827 e. The highest BCUT2D eigenvalue weighted by atomic mass is 19.1. The van der Waals surface area contributed by atoms with E-state index >= 15 is 0 Å². The van der Waals surface area contributed by atoms with Gasteiger partial charge in [-0.25, -0.2) is 8.78 Å². The standard InChI is InChI=1S/C30H47F.C26H39FO/c1-21-22(2)24(4)30(25(5)23(21)3)29-18-16-27(17-19-29)10-7-6-9-26-12-14-28(15-13-26)11-8-20-31;1-17-18(2)20(4)26(21(5)19(17)3)23-10-14-25(15-11-23)28-24-12-8-22(9-13-24)7-6-16-27/h8,20,26-29H,6-7,9-19H2,1-5H3;6,16,22-25H,7-15H2,1-5H3/b20-8+;16-6+. The summed E-state index contributed by atoms with van der Waals surface area (Å²) in [5.41, 5.74) is 18.5. The van der Waals surface area contributed by atoms with E-state index in [2.05, 4.69) is 69.2 Å². The highest BCUT2D eigenvalue weighted by Crippen LogP contribution is 2.44. The average molecular weight is 813 g/mol. The van der Waals surface area contributed by atoms with Crippen molar-refractivity contribution in [3.63, 3.8) is 0 Å². The summed E-state index contributed by atoms with van der Waals surface area (Å²) in [7, 11) is 0. The van der Waals surface area contributed by atoms with Crippen molar-refractivity contribution in [1.82, 2.24) is 0 Å². The fraction of sp³-hybridized carbons (Fsp3) is 0.714. The minimum Gasteiger partial charge on any atom is -0.375 e. The normalized spacial score (nSPS) is 27.9. The molecule has 3 heteroatoms. The summed E-state index contributed by atoms with van der Waals surface area (Å²) >= 11 is 0. The van der Waals surface area contributed by atoms with Crippen LogP contribution < -0.4 is 0 Å². The van der Waals surface area contributed by atoms with Gasteiger partial charge in [-0.3, -0.25) is 0 Å². The van der Waals surface area contributed by atoms with Crippen molar-refractivity contribution >= 4 is 0 Å². The van der Waals surface area contributed by atoms with E-state index in [-0.39, 0.29) is 0 Å². The van der Waals surface area contributed by atoms with Crippen molar-refractivity contribution in [2.45, 2.75) is 235 Å². The van der Waals surface area contributed by atoms with Crippen LogP contribution in [0.25, 0.3) is 0 Å². The van der Waals surface area contributed by atoms with Crippen molar-refractivity contribution in [3.05, 3.63) is 91.6 Å². The molecule has 0 saturated heterocycles. The van der Waals surface area contributed by atoms with E-state index in [1.807, 2.05) is 0 Å². The van der Waals surface area contributed by atoms with Crippen LogP contribution in [-0.4, -0.2) is 12.2 Å². The molecule has 0 heterocycles. The first-order chi connectivity index (χ1) is 28.3. The van der Waals surface area contributed by atoms with E-state index in [0.717, 1.165) is 55.7 Å². The molecular formula is C56H86F2O. The molecule has 0 aliphatic heterocycles. The monoisotopic (exact) mass is 813 g/mol. The lowest BCUT2D eigenvalue weighted by molar-refractivity contribution is -0.0527. The second-order valence-electron chi connectivity index (χ2n) is 20.4. The minimum absolute atomic E-state index is 0.430. The number of hydrogen-bond donors (Lipinski definition) is 0. The van der Waals surface area contributed by atoms with Gasteiger partial charge in [0.2, 0.25) is 0 Å². The number of halogens is 2. The largest absolute Gasteiger partial charge is 0.375 e. The first-order valence-corrected chi connectivity index (χ1v) is 24.6. The molecular weight excluding hydrogens is 727 g/mol. The van der Waals surface area contributed by atoms with Crippen molar-refractivity contribution in [1.29, 1.82) is 0 Å². The smallest absolute Gasteiger partial charge is 0.0827 e. The van der Waals surface area contributed by atoms with Gasteiger partial charge >= 0.3 is 0 Å². The summed E-state index contributed by atoms with van der Waals surface area (Å²) in [6.07, 6.45) is 33.9. The third-order valence-corrected chi connectivity index (χ3v) is 17.2. The second-order valence-corrected chi connectivity index (χ2v) is 20.4. The summed E-state index contributed by atoms with van der Waals surface area (Å²) < 4.78 is 30.9. The van der Waals surface area contributed by atoms with Gasteiger partial charge < -0.3 is 4.74 Å². The van der Waals surface area contributed by atoms with Gasteiger partial charge in [-0.1, -0.05) is 50.7 Å².